The lowest BCUT2D eigenvalue weighted by Crippen LogP contribution is -2.25. The van der Waals surface area contributed by atoms with Crippen molar-refractivity contribution in [3.63, 3.8) is 0 Å². The Bertz CT molecular complexity index is 798. The van der Waals surface area contributed by atoms with Crippen molar-refractivity contribution in [1.29, 1.82) is 0 Å². The van der Waals surface area contributed by atoms with E-state index in [9.17, 15) is 4.79 Å². The molecule has 0 saturated heterocycles. The summed E-state index contributed by atoms with van der Waals surface area (Å²) >= 11 is 7.10. The Morgan fingerprint density at radius 1 is 1.36 bits per heavy atom. The van der Waals surface area contributed by atoms with Crippen molar-refractivity contribution in [3.8, 4) is 5.75 Å². The van der Waals surface area contributed by atoms with E-state index in [0.717, 1.165) is 25.8 Å². The normalized spacial score (nSPS) is 11.3. The fourth-order valence-corrected chi connectivity index (χ4v) is 3.42. The van der Waals surface area contributed by atoms with Crippen LogP contribution in [0.4, 0.5) is 0 Å². The molecule has 1 N–H and O–H groups in total. The summed E-state index contributed by atoms with van der Waals surface area (Å²) in [5.41, 5.74) is 4.47. The Hall–Kier alpha value is -1.60. The molecule has 1 aromatic carbocycles. The summed E-state index contributed by atoms with van der Waals surface area (Å²) < 4.78 is 12.9. The van der Waals surface area contributed by atoms with Gasteiger partial charge in [0.25, 0.3) is 5.91 Å². The number of hydrogen-bond acceptors (Lipinski definition) is 4. The first kappa shape index (κ1) is 19.7. The maximum Gasteiger partial charge on any atom is 0.277 e. The third-order valence-electron chi connectivity index (χ3n) is 3.54. The summed E-state index contributed by atoms with van der Waals surface area (Å²) in [6, 6.07) is 5.63. The molecule has 134 valence electrons. The lowest BCUT2D eigenvalue weighted by atomic mass is 10.0. The Kier molecular flexibility index (Phi) is 6.84. The average Bonchev–Trinajstić information content (AvgIpc) is 2.96. The first-order valence-corrected chi connectivity index (χ1v) is 9.37. The monoisotopic (exact) mass is 470 g/mol. The SMILES string of the molecule is Cc1ccc(C=NNC(=O)COc2c(C(C)C)cc(Br)c(C)c2Br)o1. The molecule has 0 fully saturated rings. The van der Waals surface area contributed by atoms with Gasteiger partial charge in [-0.15, -0.1) is 0 Å². The van der Waals surface area contributed by atoms with Crippen LogP contribution in [-0.2, 0) is 4.79 Å². The largest absolute Gasteiger partial charge is 0.482 e. The molecule has 2 rings (SSSR count). The van der Waals surface area contributed by atoms with E-state index in [1.165, 1.54) is 6.21 Å². The minimum Gasteiger partial charge on any atom is -0.482 e. The van der Waals surface area contributed by atoms with Crippen LogP contribution < -0.4 is 10.2 Å². The summed E-state index contributed by atoms with van der Waals surface area (Å²) in [7, 11) is 0. The Morgan fingerprint density at radius 3 is 2.68 bits per heavy atom. The summed E-state index contributed by atoms with van der Waals surface area (Å²) in [4.78, 5) is 12.0. The number of benzene rings is 1. The third-order valence-corrected chi connectivity index (χ3v) is 5.32. The van der Waals surface area contributed by atoms with E-state index in [2.05, 4.69) is 56.2 Å². The summed E-state index contributed by atoms with van der Waals surface area (Å²) in [6.07, 6.45) is 1.45. The number of nitrogens with zero attached hydrogens (tertiary/aromatic N) is 1. The number of hydrazone groups is 1. The summed E-state index contributed by atoms with van der Waals surface area (Å²) in [5, 5.41) is 3.86. The van der Waals surface area contributed by atoms with Gasteiger partial charge in [-0.1, -0.05) is 29.8 Å². The smallest absolute Gasteiger partial charge is 0.277 e. The number of carbonyl (C=O) groups excluding carboxylic acids is 1. The summed E-state index contributed by atoms with van der Waals surface area (Å²) in [5.74, 6) is 1.95. The van der Waals surface area contributed by atoms with Crippen molar-refractivity contribution in [1.82, 2.24) is 5.43 Å². The first-order chi connectivity index (χ1) is 11.8. The minimum absolute atomic E-state index is 0.131. The van der Waals surface area contributed by atoms with Gasteiger partial charge in [0.05, 0.1) is 10.7 Å². The number of aryl methyl sites for hydroxylation is 1. The standard InChI is InChI=1S/C18H20Br2N2O3/c1-10(2)14-7-15(19)12(4)17(20)18(14)24-9-16(23)22-21-8-13-6-5-11(3)25-13/h5-8,10H,9H2,1-4H3,(H,22,23). The van der Waals surface area contributed by atoms with E-state index in [1.807, 2.05) is 26.0 Å². The number of carbonyl (C=O) groups is 1. The molecule has 25 heavy (non-hydrogen) atoms. The Balaban J connectivity index is 2.02. The molecule has 0 aliphatic rings. The molecule has 0 atom stereocenters. The number of furan rings is 1. The van der Waals surface area contributed by atoms with Crippen LogP contribution in [0.5, 0.6) is 5.75 Å². The number of hydrogen-bond donors (Lipinski definition) is 1. The fourth-order valence-electron chi connectivity index (χ4n) is 2.15. The van der Waals surface area contributed by atoms with Gasteiger partial charge < -0.3 is 9.15 Å². The van der Waals surface area contributed by atoms with Crippen molar-refractivity contribution in [2.75, 3.05) is 6.61 Å². The van der Waals surface area contributed by atoms with Gasteiger partial charge in [-0.2, -0.15) is 5.10 Å². The highest BCUT2D eigenvalue weighted by Crippen LogP contribution is 2.40. The van der Waals surface area contributed by atoms with Gasteiger partial charge in [0.1, 0.15) is 17.3 Å². The molecule has 1 aromatic heterocycles. The van der Waals surface area contributed by atoms with Gasteiger partial charge in [0.2, 0.25) is 0 Å². The van der Waals surface area contributed by atoms with Crippen molar-refractivity contribution >= 4 is 44.0 Å². The zero-order valence-electron chi connectivity index (χ0n) is 14.5. The zero-order valence-corrected chi connectivity index (χ0v) is 17.7. The maximum absolute atomic E-state index is 12.0. The second-order valence-corrected chi connectivity index (χ2v) is 7.55. The van der Waals surface area contributed by atoms with Crippen molar-refractivity contribution in [3.05, 3.63) is 49.8 Å². The molecule has 1 heterocycles. The van der Waals surface area contributed by atoms with E-state index in [1.54, 1.807) is 6.07 Å². The molecule has 0 saturated carbocycles. The van der Waals surface area contributed by atoms with E-state index in [0.29, 0.717) is 11.5 Å². The van der Waals surface area contributed by atoms with E-state index >= 15 is 0 Å². The second kappa shape index (κ2) is 8.67. The van der Waals surface area contributed by atoms with Crippen LogP contribution in [0.2, 0.25) is 0 Å². The first-order valence-electron chi connectivity index (χ1n) is 7.79. The zero-order chi connectivity index (χ0) is 18.6. The number of amides is 1. The van der Waals surface area contributed by atoms with Gasteiger partial charge in [-0.25, -0.2) is 5.43 Å². The van der Waals surface area contributed by atoms with Gasteiger partial charge in [0.15, 0.2) is 6.61 Å². The van der Waals surface area contributed by atoms with E-state index in [4.69, 9.17) is 9.15 Å². The number of rotatable bonds is 6. The molecule has 0 aliphatic heterocycles. The molecule has 2 aromatic rings. The predicted molar refractivity (Wildman–Crippen MR) is 105 cm³/mol. The van der Waals surface area contributed by atoms with Crippen LogP contribution >= 0.6 is 31.9 Å². The van der Waals surface area contributed by atoms with Crippen molar-refractivity contribution < 1.29 is 13.9 Å². The molecule has 0 bridgehead atoms. The van der Waals surface area contributed by atoms with Gasteiger partial charge >= 0.3 is 0 Å². The number of ether oxygens (including phenoxy) is 1. The van der Waals surface area contributed by atoms with Crippen LogP contribution in [0.25, 0.3) is 0 Å². The highest BCUT2D eigenvalue weighted by Gasteiger charge is 2.17. The van der Waals surface area contributed by atoms with Crippen molar-refractivity contribution in [2.45, 2.75) is 33.6 Å². The fraction of sp³-hybridized carbons (Fsp3) is 0.333. The highest BCUT2D eigenvalue weighted by molar-refractivity contribution is 9.11. The molecular formula is C18H20Br2N2O3. The van der Waals surface area contributed by atoms with Crippen LogP contribution in [-0.4, -0.2) is 18.7 Å². The highest BCUT2D eigenvalue weighted by atomic mass is 79.9. The molecule has 0 aliphatic carbocycles. The van der Waals surface area contributed by atoms with Gasteiger partial charge in [0, 0.05) is 4.47 Å². The molecule has 0 radical (unpaired) electrons. The van der Waals surface area contributed by atoms with Crippen LogP contribution in [0.15, 0.2) is 36.7 Å². The van der Waals surface area contributed by atoms with Gasteiger partial charge in [-0.05, 0) is 65.0 Å². The van der Waals surface area contributed by atoms with E-state index in [-0.39, 0.29) is 18.4 Å². The molecule has 0 unspecified atom stereocenters. The molecule has 1 amide bonds. The Morgan fingerprint density at radius 2 is 2.08 bits per heavy atom. The minimum atomic E-state index is -0.346. The van der Waals surface area contributed by atoms with Crippen LogP contribution in [0.3, 0.4) is 0 Å². The number of nitrogens with one attached hydrogen (secondary N) is 1. The summed E-state index contributed by atoms with van der Waals surface area (Å²) in [6.45, 7) is 7.83. The molecule has 7 heteroatoms. The third kappa shape index (κ3) is 5.19. The average molecular weight is 472 g/mol. The second-order valence-electron chi connectivity index (χ2n) is 5.90. The van der Waals surface area contributed by atoms with E-state index < -0.39 is 0 Å². The quantitative estimate of drug-likeness (QED) is 0.472. The molecule has 0 spiro atoms. The topological polar surface area (TPSA) is 63.8 Å². The van der Waals surface area contributed by atoms with Crippen LogP contribution in [0, 0.1) is 13.8 Å². The Labute approximate surface area is 164 Å². The predicted octanol–water partition coefficient (Wildman–Crippen LogP) is 5.07. The maximum atomic E-state index is 12.0. The number of halogens is 2. The molecular weight excluding hydrogens is 452 g/mol. The molecule has 5 nitrogen and oxygen atoms in total. The lowest BCUT2D eigenvalue weighted by Gasteiger charge is -2.18. The van der Waals surface area contributed by atoms with Crippen LogP contribution in [0.1, 0.15) is 42.4 Å². The lowest BCUT2D eigenvalue weighted by molar-refractivity contribution is -0.123. The van der Waals surface area contributed by atoms with Gasteiger partial charge in [-0.3, -0.25) is 4.79 Å². The van der Waals surface area contributed by atoms with Crippen molar-refractivity contribution in [2.24, 2.45) is 5.10 Å².